The first-order chi connectivity index (χ1) is 8.61. The molecule has 1 N–H and O–H groups in total. The van der Waals surface area contributed by atoms with Gasteiger partial charge in [0, 0.05) is 17.7 Å². The molecule has 0 saturated carbocycles. The smallest absolute Gasteiger partial charge is 0.251 e. The van der Waals surface area contributed by atoms with Gasteiger partial charge in [0.25, 0.3) is 5.91 Å². The predicted molar refractivity (Wildman–Crippen MR) is 69.1 cm³/mol. The molecule has 1 heterocycles. The minimum atomic E-state index is -0.132. The third-order valence-electron chi connectivity index (χ3n) is 3.07. The number of carbonyl (C=O) groups is 1. The summed E-state index contributed by atoms with van der Waals surface area (Å²) in [5.41, 5.74) is 1.48. The van der Waals surface area contributed by atoms with Gasteiger partial charge in [-0.3, -0.25) is 4.79 Å². The van der Waals surface area contributed by atoms with Gasteiger partial charge in [-0.25, -0.2) is 0 Å². The van der Waals surface area contributed by atoms with E-state index in [0.717, 1.165) is 5.56 Å². The molecule has 98 valence electrons. The summed E-state index contributed by atoms with van der Waals surface area (Å²) in [6.45, 7) is 2.87. The van der Waals surface area contributed by atoms with E-state index in [2.05, 4.69) is 5.32 Å². The summed E-state index contributed by atoms with van der Waals surface area (Å²) in [6.07, 6.45) is -0.0812. The van der Waals surface area contributed by atoms with Crippen LogP contribution in [0.5, 0.6) is 0 Å². The number of halogens is 1. The van der Waals surface area contributed by atoms with E-state index in [9.17, 15) is 4.79 Å². The zero-order valence-electron chi connectivity index (χ0n) is 10.4. The molecule has 0 bridgehead atoms. The largest absolute Gasteiger partial charge is 0.377 e. The van der Waals surface area contributed by atoms with Gasteiger partial charge in [-0.2, -0.15) is 0 Å². The highest BCUT2D eigenvalue weighted by Crippen LogP contribution is 2.17. The van der Waals surface area contributed by atoms with Crippen molar-refractivity contribution in [2.45, 2.75) is 19.1 Å². The molecule has 1 aliphatic heterocycles. The highest BCUT2D eigenvalue weighted by Gasteiger charge is 2.29. The lowest BCUT2D eigenvalue weighted by Gasteiger charge is -2.17. The highest BCUT2D eigenvalue weighted by atomic mass is 35.5. The van der Waals surface area contributed by atoms with Gasteiger partial charge < -0.3 is 14.8 Å². The summed E-state index contributed by atoms with van der Waals surface area (Å²) in [7, 11) is 1.62. The van der Waals surface area contributed by atoms with Crippen LogP contribution in [-0.4, -0.2) is 38.4 Å². The second kappa shape index (κ2) is 5.69. The molecule has 0 aromatic heterocycles. The van der Waals surface area contributed by atoms with E-state index in [4.69, 9.17) is 21.1 Å². The van der Waals surface area contributed by atoms with Crippen molar-refractivity contribution in [3.63, 3.8) is 0 Å². The van der Waals surface area contributed by atoms with Crippen LogP contribution in [0.4, 0.5) is 0 Å². The van der Waals surface area contributed by atoms with Crippen molar-refractivity contribution >= 4 is 17.5 Å². The molecule has 0 radical (unpaired) electrons. The second-order valence-electron chi connectivity index (χ2n) is 4.36. The van der Waals surface area contributed by atoms with Crippen molar-refractivity contribution in [1.82, 2.24) is 5.32 Å². The van der Waals surface area contributed by atoms with E-state index in [1.807, 2.05) is 6.92 Å². The summed E-state index contributed by atoms with van der Waals surface area (Å²) < 4.78 is 10.5. The van der Waals surface area contributed by atoms with E-state index >= 15 is 0 Å². The van der Waals surface area contributed by atoms with Crippen molar-refractivity contribution in [3.05, 3.63) is 34.3 Å². The molecule has 1 saturated heterocycles. The van der Waals surface area contributed by atoms with E-state index in [1.54, 1.807) is 25.3 Å². The summed E-state index contributed by atoms with van der Waals surface area (Å²) in [6, 6.07) is 5.11. The second-order valence-corrected chi connectivity index (χ2v) is 4.76. The van der Waals surface area contributed by atoms with Crippen LogP contribution in [0.25, 0.3) is 0 Å². The Hall–Kier alpha value is -1.10. The molecule has 18 heavy (non-hydrogen) atoms. The van der Waals surface area contributed by atoms with Gasteiger partial charge in [0.05, 0.1) is 19.3 Å². The van der Waals surface area contributed by atoms with Gasteiger partial charge in [-0.15, -0.1) is 0 Å². The van der Waals surface area contributed by atoms with E-state index in [1.165, 1.54) is 0 Å². The molecular formula is C13H16ClNO3. The molecule has 1 aliphatic rings. The van der Waals surface area contributed by atoms with Crippen LogP contribution < -0.4 is 5.32 Å². The molecule has 0 unspecified atom stereocenters. The van der Waals surface area contributed by atoms with Crippen LogP contribution in [0, 0.1) is 6.92 Å². The third-order valence-corrected chi connectivity index (χ3v) is 3.49. The zero-order valence-corrected chi connectivity index (χ0v) is 11.2. The SMILES string of the molecule is CO[C@H]1COC[C@@H]1NC(=O)c1ccc(Cl)c(C)c1. The number of ether oxygens (including phenoxy) is 2. The molecule has 0 spiro atoms. The molecular weight excluding hydrogens is 254 g/mol. The van der Waals surface area contributed by atoms with Crippen molar-refractivity contribution in [2.24, 2.45) is 0 Å². The number of benzene rings is 1. The summed E-state index contributed by atoms with van der Waals surface area (Å²) in [5, 5.41) is 3.57. The molecule has 1 aromatic carbocycles. The molecule has 2 rings (SSSR count). The van der Waals surface area contributed by atoms with Crippen LogP contribution in [0.2, 0.25) is 5.02 Å². The lowest BCUT2D eigenvalue weighted by atomic mass is 10.1. The number of amides is 1. The number of hydrogen-bond donors (Lipinski definition) is 1. The molecule has 4 nitrogen and oxygen atoms in total. The molecule has 1 amide bonds. The first-order valence-electron chi connectivity index (χ1n) is 5.79. The summed E-state index contributed by atoms with van der Waals surface area (Å²) in [4.78, 5) is 12.1. The average Bonchev–Trinajstić information content (AvgIpc) is 2.79. The fourth-order valence-corrected chi connectivity index (χ4v) is 2.06. The van der Waals surface area contributed by atoms with Crippen LogP contribution in [-0.2, 0) is 9.47 Å². The first-order valence-corrected chi connectivity index (χ1v) is 6.17. The Labute approximate surface area is 111 Å². The zero-order chi connectivity index (χ0) is 13.1. The number of methoxy groups -OCH3 is 1. The third kappa shape index (κ3) is 2.83. The normalized spacial score (nSPS) is 23.1. The number of aryl methyl sites for hydroxylation is 1. The first kappa shape index (κ1) is 13.3. The van der Waals surface area contributed by atoms with Gasteiger partial charge in [0.15, 0.2) is 0 Å². The number of hydrogen-bond acceptors (Lipinski definition) is 3. The van der Waals surface area contributed by atoms with Crippen molar-refractivity contribution < 1.29 is 14.3 Å². The molecule has 0 aliphatic carbocycles. The molecule has 2 atom stereocenters. The van der Waals surface area contributed by atoms with Gasteiger partial charge in [-0.1, -0.05) is 11.6 Å². The Morgan fingerprint density at radius 2 is 2.28 bits per heavy atom. The van der Waals surface area contributed by atoms with Gasteiger partial charge in [0.2, 0.25) is 0 Å². The standard InChI is InChI=1S/C13H16ClNO3/c1-8-5-9(3-4-10(8)14)13(16)15-11-6-18-7-12(11)17-2/h3-5,11-12H,6-7H2,1-2H3,(H,15,16)/t11-,12-/m0/s1. The minimum absolute atomic E-state index is 0.0812. The van der Waals surface area contributed by atoms with E-state index in [-0.39, 0.29) is 18.1 Å². The lowest BCUT2D eigenvalue weighted by molar-refractivity contribution is 0.0685. The maximum absolute atomic E-state index is 12.1. The summed E-state index contributed by atoms with van der Waals surface area (Å²) in [5.74, 6) is -0.132. The van der Waals surface area contributed by atoms with Crippen molar-refractivity contribution in [1.29, 1.82) is 0 Å². The molecule has 5 heteroatoms. The Morgan fingerprint density at radius 3 is 2.94 bits per heavy atom. The quantitative estimate of drug-likeness (QED) is 0.910. The number of nitrogens with one attached hydrogen (secondary N) is 1. The Bertz CT molecular complexity index is 450. The number of rotatable bonds is 3. The van der Waals surface area contributed by atoms with E-state index < -0.39 is 0 Å². The van der Waals surface area contributed by atoms with E-state index in [0.29, 0.717) is 23.8 Å². The van der Waals surface area contributed by atoms with Crippen molar-refractivity contribution in [3.8, 4) is 0 Å². The van der Waals surface area contributed by atoms with Crippen LogP contribution in [0.15, 0.2) is 18.2 Å². The molecule has 1 aromatic rings. The predicted octanol–water partition coefficient (Wildman–Crippen LogP) is 1.79. The summed E-state index contributed by atoms with van der Waals surface area (Å²) >= 11 is 5.93. The van der Waals surface area contributed by atoms with Gasteiger partial charge >= 0.3 is 0 Å². The Morgan fingerprint density at radius 1 is 1.50 bits per heavy atom. The Balaban J connectivity index is 2.05. The minimum Gasteiger partial charge on any atom is -0.377 e. The fraction of sp³-hybridized carbons (Fsp3) is 0.462. The maximum Gasteiger partial charge on any atom is 0.251 e. The van der Waals surface area contributed by atoms with Crippen molar-refractivity contribution in [2.75, 3.05) is 20.3 Å². The molecule has 1 fully saturated rings. The van der Waals surface area contributed by atoms with Crippen LogP contribution in [0.3, 0.4) is 0 Å². The highest BCUT2D eigenvalue weighted by molar-refractivity contribution is 6.31. The van der Waals surface area contributed by atoms with Crippen LogP contribution >= 0.6 is 11.6 Å². The topological polar surface area (TPSA) is 47.6 Å². The fourth-order valence-electron chi connectivity index (χ4n) is 1.94. The Kier molecular flexibility index (Phi) is 4.22. The maximum atomic E-state index is 12.1. The van der Waals surface area contributed by atoms with Gasteiger partial charge in [-0.05, 0) is 30.7 Å². The lowest BCUT2D eigenvalue weighted by Crippen LogP contribution is -2.43. The van der Waals surface area contributed by atoms with Gasteiger partial charge in [0.1, 0.15) is 6.10 Å². The number of carbonyl (C=O) groups excluding carboxylic acids is 1. The average molecular weight is 270 g/mol. The monoisotopic (exact) mass is 269 g/mol. The van der Waals surface area contributed by atoms with Crippen LogP contribution in [0.1, 0.15) is 15.9 Å².